The van der Waals surface area contributed by atoms with Crippen LogP contribution in [0.3, 0.4) is 0 Å². The van der Waals surface area contributed by atoms with Crippen LogP contribution in [0.4, 0.5) is 15.2 Å². The standard InChI is InChI=1S/C18H16ClFN4O3S2/c1-10-16(28-18(22-10)23-11(2)25)12-8-15(17(19)21-9-12)24(3)29(26,27)14-6-4-13(20)5-7-14/h4-9H,1-3H3,(H,22,23,25). The van der Waals surface area contributed by atoms with E-state index in [1.165, 1.54) is 43.6 Å². The lowest BCUT2D eigenvalue weighted by molar-refractivity contribution is -0.114. The highest BCUT2D eigenvalue weighted by Gasteiger charge is 2.24. The normalized spacial score (nSPS) is 11.3. The fraction of sp³-hybridized carbons (Fsp3) is 0.167. The van der Waals surface area contributed by atoms with Crippen LogP contribution in [-0.4, -0.2) is 31.3 Å². The van der Waals surface area contributed by atoms with Gasteiger partial charge in [0, 0.05) is 25.7 Å². The number of thiazole rings is 1. The Hall–Kier alpha value is -2.56. The highest BCUT2D eigenvalue weighted by atomic mass is 35.5. The maximum Gasteiger partial charge on any atom is 0.264 e. The largest absolute Gasteiger partial charge is 0.302 e. The predicted molar refractivity (Wildman–Crippen MR) is 111 cm³/mol. The fourth-order valence-electron chi connectivity index (χ4n) is 2.54. The second-order valence-corrected chi connectivity index (χ2v) is 9.40. The third kappa shape index (κ3) is 4.39. The second-order valence-electron chi connectivity index (χ2n) is 6.08. The molecule has 1 amide bonds. The summed E-state index contributed by atoms with van der Waals surface area (Å²) in [6, 6.07) is 6.08. The Labute approximate surface area is 176 Å². The lowest BCUT2D eigenvalue weighted by Crippen LogP contribution is -2.27. The van der Waals surface area contributed by atoms with E-state index >= 15 is 0 Å². The molecule has 152 valence electrons. The first-order chi connectivity index (χ1) is 13.6. The highest BCUT2D eigenvalue weighted by Crippen LogP contribution is 2.37. The molecule has 0 aliphatic rings. The Morgan fingerprint density at radius 1 is 1.28 bits per heavy atom. The summed E-state index contributed by atoms with van der Waals surface area (Å²) in [4.78, 5) is 20.3. The van der Waals surface area contributed by atoms with E-state index < -0.39 is 15.8 Å². The van der Waals surface area contributed by atoms with Crippen LogP contribution in [0.1, 0.15) is 12.6 Å². The van der Waals surface area contributed by atoms with Crippen LogP contribution in [0.5, 0.6) is 0 Å². The van der Waals surface area contributed by atoms with Gasteiger partial charge in [-0.3, -0.25) is 9.10 Å². The van der Waals surface area contributed by atoms with Crippen molar-refractivity contribution in [2.45, 2.75) is 18.7 Å². The van der Waals surface area contributed by atoms with Crippen LogP contribution >= 0.6 is 22.9 Å². The number of aromatic nitrogens is 2. The van der Waals surface area contributed by atoms with Crippen LogP contribution in [-0.2, 0) is 14.8 Å². The molecule has 0 fully saturated rings. The maximum absolute atomic E-state index is 13.2. The van der Waals surface area contributed by atoms with E-state index in [1.54, 1.807) is 13.0 Å². The minimum Gasteiger partial charge on any atom is -0.302 e. The molecule has 2 aromatic heterocycles. The number of anilines is 2. The van der Waals surface area contributed by atoms with E-state index in [0.717, 1.165) is 16.4 Å². The number of hydrogen-bond donors (Lipinski definition) is 1. The second kappa shape index (κ2) is 8.05. The van der Waals surface area contributed by atoms with Gasteiger partial charge in [0.25, 0.3) is 10.0 Å². The van der Waals surface area contributed by atoms with Crippen molar-refractivity contribution >= 4 is 49.7 Å². The third-order valence-electron chi connectivity index (χ3n) is 3.97. The number of hydrogen-bond acceptors (Lipinski definition) is 6. The molecule has 0 saturated heterocycles. The first-order valence-electron chi connectivity index (χ1n) is 8.25. The first-order valence-corrected chi connectivity index (χ1v) is 10.9. The number of nitrogens with one attached hydrogen (secondary N) is 1. The molecule has 29 heavy (non-hydrogen) atoms. The topological polar surface area (TPSA) is 92.3 Å². The van der Waals surface area contributed by atoms with Crippen LogP contribution in [0.25, 0.3) is 10.4 Å². The molecular weight excluding hydrogens is 439 g/mol. The number of carbonyl (C=O) groups excluding carboxylic acids is 1. The summed E-state index contributed by atoms with van der Waals surface area (Å²) < 4.78 is 39.9. The lowest BCUT2D eigenvalue weighted by atomic mass is 10.2. The molecule has 1 aromatic carbocycles. The third-order valence-corrected chi connectivity index (χ3v) is 7.17. The Morgan fingerprint density at radius 3 is 2.55 bits per heavy atom. The van der Waals surface area contributed by atoms with Gasteiger partial charge < -0.3 is 5.32 Å². The molecule has 0 radical (unpaired) electrons. The molecule has 0 aliphatic carbocycles. The van der Waals surface area contributed by atoms with Crippen molar-refractivity contribution < 1.29 is 17.6 Å². The first kappa shape index (κ1) is 21.2. The molecule has 3 aromatic rings. The molecule has 2 heterocycles. The molecular formula is C18H16ClFN4O3S2. The van der Waals surface area contributed by atoms with Crippen molar-refractivity contribution in [3.8, 4) is 10.4 Å². The van der Waals surface area contributed by atoms with Crippen molar-refractivity contribution in [2.24, 2.45) is 0 Å². The van der Waals surface area contributed by atoms with Gasteiger partial charge >= 0.3 is 0 Å². The van der Waals surface area contributed by atoms with Gasteiger partial charge in [-0.1, -0.05) is 22.9 Å². The summed E-state index contributed by atoms with van der Waals surface area (Å²) in [6.07, 6.45) is 1.50. The summed E-state index contributed by atoms with van der Waals surface area (Å²) in [5.41, 5.74) is 1.40. The molecule has 7 nitrogen and oxygen atoms in total. The number of benzene rings is 1. The molecule has 1 N–H and O–H groups in total. The quantitative estimate of drug-likeness (QED) is 0.586. The fourth-order valence-corrected chi connectivity index (χ4v) is 5.01. The van der Waals surface area contributed by atoms with Gasteiger partial charge in [-0.2, -0.15) is 0 Å². The Kier molecular flexibility index (Phi) is 5.87. The minimum absolute atomic E-state index is 0.00816. The summed E-state index contributed by atoms with van der Waals surface area (Å²) in [6.45, 7) is 3.15. The van der Waals surface area contributed by atoms with Gasteiger partial charge in [-0.05, 0) is 37.3 Å². The number of sulfonamides is 1. The smallest absolute Gasteiger partial charge is 0.264 e. The summed E-state index contributed by atoms with van der Waals surface area (Å²) >= 11 is 7.40. The summed E-state index contributed by atoms with van der Waals surface area (Å²) in [5, 5.41) is 3.04. The van der Waals surface area contributed by atoms with E-state index in [-0.39, 0.29) is 21.6 Å². The molecule has 0 spiro atoms. The van der Waals surface area contributed by atoms with E-state index in [1.807, 2.05) is 0 Å². The average Bonchev–Trinajstić information content (AvgIpc) is 3.01. The number of aryl methyl sites for hydroxylation is 1. The molecule has 11 heteroatoms. The van der Waals surface area contributed by atoms with Gasteiger partial charge in [0.2, 0.25) is 5.91 Å². The summed E-state index contributed by atoms with van der Waals surface area (Å²) in [5.74, 6) is -0.783. The maximum atomic E-state index is 13.2. The van der Waals surface area contributed by atoms with E-state index in [4.69, 9.17) is 11.6 Å². The number of nitrogens with zero attached hydrogens (tertiary/aromatic N) is 3. The predicted octanol–water partition coefficient (Wildman–Crippen LogP) is 4.09. The van der Waals surface area contributed by atoms with Crippen molar-refractivity contribution in [1.82, 2.24) is 9.97 Å². The van der Waals surface area contributed by atoms with E-state index in [0.29, 0.717) is 21.3 Å². The van der Waals surface area contributed by atoms with E-state index in [9.17, 15) is 17.6 Å². The average molecular weight is 455 g/mol. The zero-order chi connectivity index (χ0) is 21.3. The van der Waals surface area contributed by atoms with Gasteiger partial charge in [-0.15, -0.1) is 0 Å². The summed E-state index contributed by atoms with van der Waals surface area (Å²) in [7, 11) is -2.64. The highest BCUT2D eigenvalue weighted by molar-refractivity contribution is 7.92. The Bertz CT molecular complexity index is 1180. The van der Waals surface area contributed by atoms with Crippen LogP contribution in [0.15, 0.2) is 41.4 Å². The number of rotatable bonds is 5. The van der Waals surface area contributed by atoms with Gasteiger partial charge in [0.05, 0.1) is 21.2 Å². The van der Waals surface area contributed by atoms with Crippen molar-refractivity contribution in [2.75, 3.05) is 16.7 Å². The number of halogens is 2. The molecule has 0 aliphatic heterocycles. The van der Waals surface area contributed by atoms with E-state index in [2.05, 4.69) is 15.3 Å². The number of pyridine rings is 1. The lowest BCUT2D eigenvalue weighted by Gasteiger charge is -2.20. The zero-order valence-corrected chi connectivity index (χ0v) is 18.0. The number of carbonyl (C=O) groups is 1. The molecule has 0 bridgehead atoms. The Balaban J connectivity index is 2.02. The molecule has 0 unspecified atom stereocenters. The van der Waals surface area contributed by atoms with Crippen molar-refractivity contribution in [3.05, 3.63) is 53.2 Å². The molecule has 0 atom stereocenters. The molecule has 3 rings (SSSR count). The van der Waals surface area contributed by atoms with Crippen molar-refractivity contribution in [1.29, 1.82) is 0 Å². The monoisotopic (exact) mass is 454 g/mol. The van der Waals surface area contributed by atoms with Crippen LogP contribution < -0.4 is 9.62 Å². The van der Waals surface area contributed by atoms with Gasteiger partial charge in [-0.25, -0.2) is 22.8 Å². The van der Waals surface area contributed by atoms with Crippen LogP contribution in [0, 0.1) is 12.7 Å². The van der Waals surface area contributed by atoms with Crippen LogP contribution in [0.2, 0.25) is 5.15 Å². The molecule has 0 saturated carbocycles. The van der Waals surface area contributed by atoms with Crippen molar-refractivity contribution in [3.63, 3.8) is 0 Å². The minimum atomic E-state index is -3.98. The zero-order valence-electron chi connectivity index (χ0n) is 15.6. The van der Waals surface area contributed by atoms with Gasteiger partial charge in [0.1, 0.15) is 5.82 Å². The SMILES string of the molecule is CC(=O)Nc1nc(C)c(-c2cnc(Cl)c(N(C)S(=O)(=O)c3ccc(F)cc3)c2)s1. The number of amides is 1. The Morgan fingerprint density at radius 2 is 1.93 bits per heavy atom. The van der Waals surface area contributed by atoms with Gasteiger partial charge in [0.15, 0.2) is 10.3 Å².